The van der Waals surface area contributed by atoms with Crippen LogP contribution in [0.4, 0.5) is 0 Å². The number of rotatable bonds is 3. The van der Waals surface area contributed by atoms with Gasteiger partial charge in [-0.2, -0.15) is 4.98 Å². The first-order chi connectivity index (χ1) is 8.60. The van der Waals surface area contributed by atoms with Crippen molar-refractivity contribution in [2.45, 2.75) is 44.6 Å². The maximum atomic E-state index is 6.21. The maximum Gasteiger partial charge on any atom is 0.268 e. The summed E-state index contributed by atoms with van der Waals surface area (Å²) >= 11 is 1.64. The van der Waals surface area contributed by atoms with Gasteiger partial charge in [0.15, 0.2) is 5.82 Å². The van der Waals surface area contributed by atoms with Crippen LogP contribution in [0.3, 0.4) is 0 Å². The summed E-state index contributed by atoms with van der Waals surface area (Å²) in [5.74, 6) is 1.73. The predicted octanol–water partition coefficient (Wildman–Crippen LogP) is 3.68. The second kappa shape index (κ2) is 5.23. The highest BCUT2D eigenvalue weighted by molar-refractivity contribution is 7.13. The van der Waals surface area contributed by atoms with Crippen molar-refractivity contribution in [1.82, 2.24) is 10.1 Å². The Bertz CT molecular complexity index is 560. The van der Waals surface area contributed by atoms with Crippen molar-refractivity contribution >= 4 is 23.7 Å². The lowest BCUT2D eigenvalue weighted by atomic mass is 9.77. The van der Waals surface area contributed by atoms with E-state index < -0.39 is 0 Å². The molecule has 0 aliphatic heterocycles. The molecule has 0 radical (unpaired) electrons. The molecule has 0 saturated heterocycles. The van der Waals surface area contributed by atoms with Gasteiger partial charge >= 0.3 is 0 Å². The molecule has 2 N–H and O–H groups in total. The normalized spacial score (nSPS) is 17.1. The SMILES string of the molecule is CC(C)c1ccsc1-c1nc(C2(N)CCC2)no1.Cl. The minimum absolute atomic E-state index is 0. The van der Waals surface area contributed by atoms with Crippen molar-refractivity contribution in [3.63, 3.8) is 0 Å². The molecule has 6 heteroatoms. The standard InChI is InChI=1S/C13H17N3OS.ClH/c1-8(2)9-4-7-18-10(9)11-15-12(16-17-11)13(14)5-3-6-13;/h4,7-8H,3,5-6,14H2,1-2H3;1H. The Morgan fingerprint density at radius 3 is 2.74 bits per heavy atom. The van der Waals surface area contributed by atoms with Gasteiger partial charge in [-0.25, -0.2) is 0 Å². The van der Waals surface area contributed by atoms with Gasteiger partial charge in [-0.1, -0.05) is 19.0 Å². The molecule has 0 unspecified atom stereocenters. The fourth-order valence-electron chi connectivity index (χ4n) is 2.25. The highest BCUT2D eigenvalue weighted by Gasteiger charge is 2.39. The highest BCUT2D eigenvalue weighted by Crippen LogP contribution is 2.39. The predicted molar refractivity (Wildman–Crippen MR) is 78.7 cm³/mol. The summed E-state index contributed by atoms with van der Waals surface area (Å²) in [4.78, 5) is 5.57. The number of nitrogens with zero attached hydrogens (tertiary/aromatic N) is 2. The van der Waals surface area contributed by atoms with Gasteiger partial charge in [0.25, 0.3) is 5.89 Å². The summed E-state index contributed by atoms with van der Waals surface area (Å²) in [7, 11) is 0. The van der Waals surface area contributed by atoms with Crippen LogP contribution >= 0.6 is 23.7 Å². The van der Waals surface area contributed by atoms with Gasteiger partial charge in [0.1, 0.15) is 0 Å². The lowest BCUT2D eigenvalue weighted by Gasteiger charge is -2.34. The molecule has 0 spiro atoms. The summed E-state index contributed by atoms with van der Waals surface area (Å²) < 4.78 is 5.39. The minimum atomic E-state index is -0.350. The lowest BCUT2D eigenvalue weighted by molar-refractivity contribution is 0.229. The van der Waals surface area contributed by atoms with Crippen LogP contribution < -0.4 is 5.73 Å². The van der Waals surface area contributed by atoms with E-state index in [0.29, 0.717) is 17.6 Å². The van der Waals surface area contributed by atoms with E-state index in [0.717, 1.165) is 24.1 Å². The Morgan fingerprint density at radius 1 is 1.42 bits per heavy atom. The summed E-state index contributed by atoms with van der Waals surface area (Å²) in [6.45, 7) is 4.33. The molecule has 3 rings (SSSR count). The minimum Gasteiger partial charge on any atom is -0.333 e. The molecular weight excluding hydrogens is 282 g/mol. The average molecular weight is 300 g/mol. The monoisotopic (exact) mass is 299 g/mol. The van der Waals surface area contributed by atoms with E-state index in [2.05, 4.69) is 35.4 Å². The molecule has 0 bridgehead atoms. The van der Waals surface area contributed by atoms with E-state index >= 15 is 0 Å². The Hall–Kier alpha value is -0.910. The van der Waals surface area contributed by atoms with E-state index in [1.807, 2.05) is 0 Å². The summed E-state index contributed by atoms with van der Waals surface area (Å²) in [5, 5.41) is 6.13. The van der Waals surface area contributed by atoms with Gasteiger partial charge in [-0.3, -0.25) is 0 Å². The van der Waals surface area contributed by atoms with Crippen LogP contribution in [0.15, 0.2) is 16.0 Å². The van der Waals surface area contributed by atoms with E-state index in [1.54, 1.807) is 11.3 Å². The number of nitrogens with two attached hydrogens (primary N) is 1. The first kappa shape index (κ1) is 14.5. The highest BCUT2D eigenvalue weighted by atomic mass is 35.5. The van der Waals surface area contributed by atoms with Crippen molar-refractivity contribution in [3.8, 4) is 10.8 Å². The third kappa shape index (κ3) is 2.42. The lowest BCUT2D eigenvalue weighted by Crippen LogP contribution is -2.44. The number of thiophene rings is 1. The van der Waals surface area contributed by atoms with Crippen LogP contribution in [-0.4, -0.2) is 10.1 Å². The third-order valence-electron chi connectivity index (χ3n) is 3.63. The number of aromatic nitrogens is 2. The molecule has 1 saturated carbocycles. The quantitative estimate of drug-likeness (QED) is 0.939. The Balaban J connectivity index is 0.00000133. The van der Waals surface area contributed by atoms with Crippen molar-refractivity contribution in [2.75, 3.05) is 0 Å². The zero-order valence-corrected chi connectivity index (χ0v) is 12.7. The topological polar surface area (TPSA) is 64.9 Å². The number of halogens is 1. The van der Waals surface area contributed by atoms with Crippen LogP contribution in [0.1, 0.15) is 50.4 Å². The fraction of sp³-hybridized carbons (Fsp3) is 0.538. The molecule has 2 aromatic rings. The second-order valence-corrected chi connectivity index (χ2v) is 6.21. The number of hydrogen-bond acceptors (Lipinski definition) is 5. The van der Waals surface area contributed by atoms with Crippen molar-refractivity contribution in [3.05, 3.63) is 22.8 Å². The van der Waals surface area contributed by atoms with Gasteiger partial charge < -0.3 is 10.3 Å². The van der Waals surface area contributed by atoms with Gasteiger partial charge in [-0.05, 0) is 42.2 Å². The Morgan fingerprint density at radius 2 is 2.16 bits per heavy atom. The van der Waals surface area contributed by atoms with Gasteiger partial charge in [0, 0.05) is 0 Å². The van der Waals surface area contributed by atoms with Crippen LogP contribution in [0.25, 0.3) is 10.8 Å². The first-order valence-corrected chi connectivity index (χ1v) is 7.19. The van der Waals surface area contributed by atoms with Crippen molar-refractivity contribution < 1.29 is 4.52 Å². The Labute approximate surface area is 122 Å². The van der Waals surface area contributed by atoms with Gasteiger partial charge in [0.05, 0.1) is 10.4 Å². The zero-order chi connectivity index (χ0) is 12.8. The molecule has 0 atom stereocenters. The molecule has 0 amide bonds. The Kier molecular flexibility index (Phi) is 3.99. The molecule has 19 heavy (non-hydrogen) atoms. The molecule has 104 valence electrons. The summed E-state index contributed by atoms with van der Waals surface area (Å²) in [5.41, 5.74) is 7.12. The van der Waals surface area contributed by atoms with Crippen molar-refractivity contribution in [2.24, 2.45) is 5.73 Å². The molecule has 1 fully saturated rings. The van der Waals surface area contributed by atoms with Gasteiger partial charge in [-0.15, -0.1) is 23.7 Å². The fourth-order valence-corrected chi connectivity index (χ4v) is 3.22. The van der Waals surface area contributed by atoms with E-state index in [9.17, 15) is 0 Å². The smallest absolute Gasteiger partial charge is 0.268 e. The summed E-state index contributed by atoms with van der Waals surface area (Å²) in [6.07, 6.45) is 3.05. The summed E-state index contributed by atoms with van der Waals surface area (Å²) in [6, 6.07) is 2.12. The molecule has 2 aromatic heterocycles. The average Bonchev–Trinajstić information content (AvgIpc) is 2.93. The second-order valence-electron chi connectivity index (χ2n) is 5.29. The number of hydrogen-bond donors (Lipinski definition) is 1. The zero-order valence-electron chi connectivity index (χ0n) is 11.0. The van der Waals surface area contributed by atoms with E-state index in [1.165, 1.54) is 5.56 Å². The van der Waals surface area contributed by atoms with Crippen molar-refractivity contribution in [1.29, 1.82) is 0 Å². The third-order valence-corrected chi connectivity index (χ3v) is 4.55. The van der Waals surface area contributed by atoms with Crippen LogP contribution in [-0.2, 0) is 5.54 Å². The van der Waals surface area contributed by atoms with Crippen LogP contribution in [0.5, 0.6) is 0 Å². The molecule has 2 heterocycles. The van der Waals surface area contributed by atoms with E-state index in [4.69, 9.17) is 10.3 Å². The molecule has 0 aromatic carbocycles. The van der Waals surface area contributed by atoms with Crippen LogP contribution in [0, 0.1) is 0 Å². The maximum absolute atomic E-state index is 6.21. The molecular formula is C13H18ClN3OS. The molecule has 1 aliphatic carbocycles. The first-order valence-electron chi connectivity index (χ1n) is 6.31. The molecule has 1 aliphatic rings. The van der Waals surface area contributed by atoms with Crippen LogP contribution in [0.2, 0.25) is 0 Å². The van der Waals surface area contributed by atoms with E-state index in [-0.39, 0.29) is 17.9 Å². The molecule has 4 nitrogen and oxygen atoms in total. The largest absolute Gasteiger partial charge is 0.333 e. The van der Waals surface area contributed by atoms with Gasteiger partial charge in [0.2, 0.25) is 0 Å².